The van der Waals surface area contributed by atoms with Gasteiger partial charge in [0.25, 0.3) is 5.91 Å². The fraction of sp³-hybridized carbons (Fsp3) is 0.130. The van der Waals surface area contributed by atoms with Crippen molar-refractivity contribution in [2.75, 3.05) is 13.7 Å². The van der Waals surface area contributed by atoms with Gasteiger partial charge in [0.2, 0.25) is 0 Å². The van der Waals surface area contributed by atoms with Crippen LogP contribution in [0, 0.1) is 10.1 Å². The van der Waals surface area contributed by atoms with Crippen LogP contribution < -0.4 is 19.6 Å². The lowest BCUT2D eigenvalue weighted by molar-refractivity contribution is -0.385. The Bertz CT molecular complexity index is 1150. The molecule has 170 valence electrons. The average Bonchev–Trinajstić information content (AvgIpc) is 2.83. The van der Waals surface area contributed by atoms with Gasteiger partial charge in [0.05, 0.1) is 18.2 Å². The molecule has 0 fully saturated rings. The summed E-state index contributed by atoms with van der Waals surface area (Å²) >= 11 is 5.89. The number of ether oxygens (including phenoxy) is 3. The number of nitrogens with one attached hydrogen (secondary N) is 1. The Hall–Kier alpha value is -4.11. The molecule has 3 aromatic carbocycles. The summed E-state index contributed by atoms with van der Waals surface area (Å²) in [6.07, 6.45) is 1.42. The van der Waals surface area contributed by atoms with Crippen molar-refractivity contribution in [3.8, 4) is 17.2 Å². The van der Waals surface area contributed by atoms with Crippen molar-refractivity contribution >= 4 is 29.4 Å². The first kappa shape index (κ1) is 23.6. The highest BCUT2D eigenvalue weighted by Gasteiger charge is 2.14. The Morgan fingerprint density at radius 1 is 1.06 bits per heavy atom. The number of hydrazone groups is 1. The summed E-state index contributed by atoms with van der Waals surface area (Å²) in [4.78, 5) is 22.3. The Labute approximate surface area is 194 Å². The number of carbonyl (C=O) groups excluding carboxylic acids is 1. The van der Waals surface area contributed by atoms with Gasteiger partial charge in [-0.05, 0) is 47.5 Å². The fourth-order valence-electron chi connectivity index (χ4n) is 2.71. The predicted octanol–water partition coefficient (Wildman–Crippen LogP) is 4.36. The summed E-state index contributed by atoms with van der Waals surface area (Å²) in [7, 11) is 1.52. The van der Waals surface area contributed by atoms with E-state index >= 15 is 0 Å². The zero-order valence-electron chi connectivity index (χ0n) is 17.6. The molecule has 0 heterocycles. The Kier molecular flexibility index (Phi) is 8.20. The maximum Gasteiger partial charge on any atom is 0.310 e. The molecule has 0 bridgehead atoms. The van der Waals surface area contributed by atoms with Gasteiger partial charge >= 0.3 is 5.69 Å². The molecule has 1 amide bonds. The van der Waals surface area contributed by atoms with Crippen LogP contribution in [0.2, 0.25) is 5.02 Å². The molecule has 0 spiro atoms. The summed E-state index contributed by atoms with van der Waals surface area (Å²) in [5.41, 5.74) is 3.70. The van der Waals surface area contributed by atoms with Crippen LogP contribution in [0.3, 0.4) is 0 Å². The summed E-state index contributed by atoms with van der Waals surface area (Å²) < 4.78 is 16.4. The van der Waals surface area contributed by atoms with Crippen molar-refractivity contribution in [2.24, 2.45) is 5.10 Å². The highest BCUT2D eigenvalue weighted by molar-refractivity contribution is 6.30. The second kappa shape index (κ2) is 11.5. The molecule has 33 heavy (non-hydrogen) atoms. The molecule has 0 aliphatic heterocycles. The lowest BCUT2D eigenvalue weighted by Gasteiger charge is -2.11. The van der Waals surface area contributed by atoms with E-state index < -0.39 is 17.4 Å². The van der Waals surface area contributed by atoms with Gasteiger partial charge in [0.1, 0.15) is 6.61 Å². The van der Waals surface area contributed by atoms with Crippen LogP contribution in [-0.2, 0) is 11.4 Å². The van der Waals surface area contributed by atoms with Crippen molar-refractivity contribution in [2.45, 2.75) is 6.61 Å². The molecule has 0 radical (unpaired) electrons. The minimum atomic E-state index is -0.582. The van der Waals surface area contributed by atoms with E-state index in [4.69, 9.17) is 25.8 Å². The highest BCUT2D eigenvalue weighted by atomic mass is 35.5. The van der Waals surface area contributed by atoms with Crippen LogP contribution >= 0.6 is 11.6 Å². The van der Waals surface area contributed by atoms with Gasteiger partial charge in [-0.2, -0.15) is 5.10 Å². The topological polar surface area (TPSA) is 112 Å². The summed E-state index contributed by atoms with van der Waals surface area (Å²) in [5, 5.41) is 15.5. The molecule has 0 saturated heterocycles. The van der Waals surface area contributed by atoms with Crippen LogP contribution in [0.25, 0.3) is 0 Å². The molecule has 0 aliphatic rings. The molecule has 1 N–H and O–H groups in total. The molecule has 0 aromatic heterocycles. The molecule has 3 rings (SSSR count). The zero-order chi connectivity index (χ0) is 23.6. The average molecular weight is 470 g/mol. The molecule has 9 nitrogen and oxygen atoms in total. The maximum absolute atomic E-state index is 11.9. The number of amides is 1. The van der Waals surface area contributed by atoms with Gasteiger partial charge in [-0.3, -0.25) is 14.9 Å². The van der Waals surface area contributed by atoms with Crippen LogP contribution in [0.15, 0.2) is 71.8 Å². The van der Waals surface area contributed by atoms with Crippen molar-refractivity contribution in [1.82, 2.24) is 5.43 Å². The Balaban J connectivity index is 1.53. The molecular formula is C23H20ClN3O6. The number of para-hydroxylation sites is 2. The third kappa shape index (κ3) is 6.94. The Morgan fingerprint density at radius 2 is 1.82 bits per heavy atom. The first-order chi connectivity index (χ1) is 16.0. The van der Waals surface area contributed by atoms with Crippen LogP contribution in [0.1, 0.15) is 11.1 Å². The van der Waals surface area contributed by atoms with Gasteiger partial charge in [0, 0.05) is 11.1 Å². The van der Waals surface area contributed by atoms with Gasteiger partial charge in [-0.25, -0.2) is 5.43 Å². The van der Waals surface area contributed by atoms with Crippen molar-refractivity contribution in [3.63, 3.8) is 0 Å². The van der Waals surface area contributed by atoms with Gasteiger partial charge in [0.15, 0.2) is 23.9 Å². The van der Waals surface area contributed by atoms with E-state index in [2.05, 4.69) is 10.5 Å². The van der Waals surface area contributed by atoms with Crippen LogP contribution in [-0.4, -0.2) is 30.8 Å². The number of hydrogen-bond donors (Lipinski definition) is 1. The summed E-state index contributed by atoms with van der Waals surface area (Å²) in [6.45, 7) is -0.0837. The number of benzene rings is 3. The van der Waals surface area contributed by atoms with Crippen molar-refractivity contribution in [3.05, 3.63) is 93.0 Å². The molecule has 0 aliphatic carbocycles. The number of halogens is 1. The van der Waals surface area contributed by atoms with E-state index in [-0.39, 0.29) is 11.4 Å². The predicted molar refractivity (Wildman–Crippen MR) is 123 cm³/mol. The fourth-order valence-corrected chi connectivity index (χ4v) is 2.84. The maximum atomic E-state index is 11.9. The van der Waals surface area contributed by atoms with Gasteiger partial charge in [-0.15, -0.1) is 0 Å². The molecule has 10 heteroatoms. The second-order valence-electron chi connectivity index (χ2n) is 6.63. The van der Waals surface area contributed by atoms with Crippen molar-refractivity contribution < 1.29 is 23.9 Å². The molecule has 0 atom stereocenters. The lowest BCUT2D eigenvalue weighted by Crippen LogP contribution is -2.24. The second-order valence-corrected chi connectivity index (χ2v) is 7.07. The number of rotatable bonds is 10. The SMILES string of the molecule is COc1cc(/C=N/NC(=O)COc2ccccc2[N+](=O)[O-])ccc1OCc1ccc(Cl)cc1. The first-order valence-electron chi connectivity index (χ1n) is 9.69. The van der Waals surface area contributed by atoms with E-state index in [0.29, 0.717) is 28.7 Å². The number of nitrogens with zero attached hydrogens (tertiary/aromatic N) is 2. The standard InChI is InChI=1S/C23H20ClN3O6/c1-31-22-12-17(8-11-21(22)32-14-16-6-9-18(24)10-7-16)13-25-26-23(28)15-33-20-5-3-2-4-19(20)27(29)30/h2-13H,14-15H2,1H3,(H,26,28)/b25-13+. The van der Waals surface area contributed by atoms with Crippen LogP contribution in [0.4, 0.5) is 5.69 Å². The van der Waals surface area contributed by atoms with E-state index in [1.807, 2.05) is 12.1 Å². The van der Waals surface area contributed by atoms with Gasteiger partial charge < -0.3 is 14.2 Å². The van der Waals surface area contributed by atoms with Gasteiger partial charge in [-0.1, -0.05) is 35.9 Å². The molecule has 3 aromatic rings. The normalized spacial score (nSPS) is 10.6. The zero-order valence-corrected chi connectivity index (χ0v) is 18.3. The van der Waals surface area contributed by atoms with E-state index in [9.17, 15) is 14.9 Å². The number of nitro benzene ring substituents is 1. The lowest BCUT2D eigenvalue weighted by atomic mass is 10.2. The number of hydrogen-bond acceptors (Lipinski definition) is 7. The molecular weight excluding hydrogens is 450 g/mol. The number of carbonyl (C=O) groups is 1. The minimum absolute atomic E-state index is 0.000514. The summed E-state index contributed by atoms with van der Waals surface area (Å²) in [6, 6.07) is 18.3. The highest BCUT2D eigenvalue weighted by Crippen LogP contribution is 2.28. The Morgan fingerprint density at radius 3 is 2.55 bits per heavy atom. The third-order valence-corrected chi connectivity index (χ3v) is 4.57. The quantitative estimate of drug-likeness (QED) is 0.268. The number of nitro groups is 1. The van der Waals surface area contributed by atoms with E-state index in [1.54, 1.807) is 36.4 Å². The molecule has 0 unspecified atom stereocenters. The first-order valence-corrected chi connectivity index (χ1v) is 10.1. The third-order valence-electron chi connectivity index (χ3n) is 4.32. The smallest absolute Gasteiger partial charge is 0.310 e. The molecule has 0 saturated carbocycles. The van der Waals surface area contributed by atoms with Crippen molar-refractivity contribution in [1.29, 1.82) is 0 Å². The monoisotopic (exact) mass is 469 g/mol. The number of methoxy groups -OCH3 is 1. The summed E-state index contributed by atoms with van der Waals surface area (Å²) in [5.74, 6) is 0.477. The van der Waals surface area contributed by atoms with Crippen LogP contribution in [0.5, 0.6) is 17.2 Å². The van der Waals surface area contributed by atoms with E-state index in [0.717, 1.165) is 5.56 Å². The largest absolute Gasteiger partial charge is 0.493 e. The minimum Gasteiger partial charge on any atom is -0.493 e. The van der Waals surface area contributed by atoms with E-state index in [1.165, 1.54) is 31.5 Å².